The first kappa shape index (κ1) is 19.4. The van der Waals surface area contributed by atoms with Crippen LogP contribution in [0.4, 0.5) is 0 Å². The van der Waals surface area contributed by atoms with Crippen molar-refractivity contribution in [3.05, 3.63) is 115 Å². The predicted octanol–water partition coefficient (Wildman–Crippen LogP) is 6.87. The Morgan fingerprint density at radius 1 is 0.441 bits per heavy atom. The van der Waals surface area contributed by atoms with Crippen LogP contribution >= 0.6 is 7.14 Å². The SMILES string of the molecule is O=P12c3ccccc3Oc3cc(-c4ccccc4)cc(c31)Oc1cc(-c3ccccc3)ccc12. The second kappa shape index (κ2) is 7.21. The Morgan fingerprint density at radius 2 is 0.971 bits per heavy atom. The first-order valence-corrected chi connectivity index (χ1v) is 12.9. The van der Waals surface area contributed by atoms with Gasteiger partial charge in [0.1, 0.15) is 28.3 Å². The molecule has 5 aromatic rings. The highest BCUT2D eigenvalue weighted by Crippen LogP contribution is 2.59. The number of para-hydroxylation sites is 1. The zero-order valence-corrected chi connectivity index (χ0v) is 19.0. The molecule has 0 fully saturated rings. The van der Waals surface area contributed by atoms with Crippen LogP contribution in [0, 0.1) is 0 Å². The van der Waals surface area contributed by atoms with E-state index in [1.54, 1.807) is 0 Å². The molecule has 2 heterocycles. The third-order valence-corrected chi connectivity index (χ3v) is 9.68. The lowest BCUT2D eigenvalue weighted by Crippen LogP contribution is -2.35. The van der Waals surface area contributed by atoms with Gasteiger partial charge in [0.25, 0.3) is 0 Å². The van der Waals surface area contributed by atoms with Gasteiger partial charge in [0, 0.05) is 0 Å². The highest BCUT2D eigenvalue weighted by Gasteiger charge is 2.46. The zero-order valence-electron chi connectivity index (χ0n) is 18.1. The minimum Gasteiger partial charge on any atom is -0.456 e. The Bertz CT molecular complexity index is 1620. The van der Waals surface area contributed by atoms with Gasteiger partial charge in [0.15, 0.2) is 7.14 Å². The summed E-state index contributed by atoms with van der Waals surface area (Å²) in [6.45, 7) is 0. The van der Waals surface area contributed by atoms with Crippen molar-refractivity contribution in [3.8, 4) is 45.3 Å². The van der Waals surface area contributed by atoms with Crippen LogP contribution in [-0.2, 0) is 4.57 Å². The van der Waals surface area contributed by atoms with Gasteiger partial charge < -0.3 is 14.0 Å². The molecule has 0 aliphatic carbocycles. The van der Waals surface area contributed by atoms with Crippen LogP contribution in [-0.4, -0.2) is 0 Å². The summed E-state index contributed by atoms with van der Waals surface area (Å²) >= 11 is 0. The van der Waals surface area contributed by atoms with E-state index < -0.39 is 7.14 Å². The zero-order chi connectivity index (χ0) is 22.7. The standard InChI is InChI=1S/C30H19O3P/c31-34-28-14-8-7-13-24(28)32-26-18-23(21-11-5-2-6-12-21)19-27(30(26)34)33-25-17-22(15-16-29(25)34)20-9-3-1-4-10-20/h1-19H. The third kappa shape index (κ3) is 2.74. The lowest BCUT2D eigenvalue weighted by atomic mass is 10.0. The van der Waals surface area contributed by atoms with Crippen molar-refractivity contribution in [2.45, 2.75) is 0 Å². The van der Waals surface area contributed by atoms with E-state index >= 15 is 4.57 Å². The van der Waals surface area contributed by atoms with E-state index in [4.69, 9.17) is 9.47 Å². The first-order valence-electron chi connectivity index (χ1n) is 11.2. The van der Waals surface area contributed by atoms with E-state index in [-0.39, 0.29) is 0 Å². The van der Waals surface area contributed by atoms with Crippen LogP contribution in [0.1, 0.15) is 0 Å². The molecule has 2 aliphatic heterocycles. The fourth-order valence-electron chi connectivity index (χ4n) is 4.92. The van der Waals surface area contributed by atoms with Crippen LogP contribution in [0.5, 0.6) is 23.0 Å². The van der Waals surface area contributed by atoms with Crippen LogP contribution in [0.3, 0.4) is 0 Å². The summed E-state index contributed by atoms with van der Waals surface area (Å²) in [5, 5.41) is 2.07. The topological polar surface area (TPSA) is 35.5 Å². The predicted molar refractivity (Wildman–Crippen MR) is 137 cm³/mol. The molecule has 4 heteroatoms. The van der Waals surface area contributed by atoms with Crippen molar-refractivity contribution < 1.29 is 14.0 Å². The number of hydrogen-bond donors (Lipinski definition) is 0. The van der Waals surface area contributed by atoms with Crippen LogP contribution in [0.2, 0.25) is 0 Å². The Kier molecular flexibility index (Phi) is 4.12. The monoisotopic (exact) mass is 458 g/mol. The molecule has 0 saturated heterocycles. The number of fused-ring (bicyclic) bond motifs is 4. The van der Waals surface area contributed by atoms with Gasteiger partial charge in [0.2, 0.25) is 0 Å². The minimum absolute atomic E-state index is 0.590. The van der Waals surface area contributed by atoms with Crippen molar-refractivity contribution >= 4 is 23.1 Å². The molecule has 0 radical (unpaired) electrons. The van der Waals surface area contributed by atoms with Gasteiger partial charge in [-0.2, -0.15) is 0 Å². The van der Waals surface area contributed by atoms with E-state index in [0.717, 1.165) is 22.3 Å². The summed E-state index contributed by atoms with van der Waals surface area (Å²) in [6, 6.07) is 37.8. The lowest BCUT2D eigenvalue weighted by Gasteiger charge is -2.35. The molecular formula is C30H19O3P. The van der Waals surface area contributed by atoms with Crippen molar-refractivity contribution in [2.75, 3.05) is 0 Å². The molecule has 162 valence electrons. The Hall–Kier alpha value is -4.07. The summed E-state index contributed by atoms with van der Waals surface area (Å²) < 4.78 is 27.9. The maximum Gasteiger partial charge on any atom is 0.185 e. The van der Waals surface area contributed by atoms with E-state index in [0.29, 0.717) is 38.9 Å². The molecule has 2 aliphatic rings. The highest BCUT2D eigenvalue weighted by atomic mass is 31.2. The minimum atomic E-state index is -3.19. The average molecular weight is 458 g/mol. The van der Waals surface area contributed by atoms with Gasteiger partial charge in [0.05, 0.1) is 10.6 Å². The average Bonchev–Trinajstić information content (AvgIpc) is 2.89. The number of hydrogen-bond acceptors (Lipinski definition) is 3. The summed E-state index contributed by atoms with van der Waals surface area (Å²) in [5.74, 6) is 2.45. The fourth-order valence-corrected chi connectivity index (χ4v) is 7.94. The smallest absolute Gasteiger partial charge is 0.185 e. The fraction of sp³-hybridized carbons (Fsp3) is 0. The molecule has 0 amide bonds. The van der Waals surface area contributed by atoms with Gasteiger partial charge in [-0.3, -0.25) is 0 Å². The molecule has 0 N–H and O–H groups in total. The molecule has 1 unspecified atom stereocenters. The molecule has 1 atom stereocenters. The van der Waals surface area contributed by atoms with Gasteiger partial charge >= 0.3 is 0 Å². The Balaban J connectivity index is 1.50. The molecule has 3 nitrogen and oxygen atoms in total. The molecule has 0 spiro atoms. The summed E-state index contributed by atoms with van der Waals surface area (Å²) in [4.78, 5) is 0. The number of benzene rings is 5. The van der Waals surface area contributed by atoms with E-state index in [9.17, 15) is 0 Å². The second-order valence-corrected chi connectivity index (χ2v) is 11.1. The molecule has 0 bridgehead atoms. The molecule has 0 aromatic heterocycles. The molecular weight excluding hydrogens is 439 g/mol. The van der Waals surface area contributed by atoms with Crippen molar-refractivity contribution in [2.24, 2.45) is 0 Å². The van der Waals surface area contributed by atoms with Gasteiger partial charge in [-0.25, -0.2) is 0 Å². The molecule has 5 aromatic carbocycles. The third-order valence-electron chi connectivity index (χ3n) is 6.51. The van der Waals surface area contributed by atoms with Crippen molar-refractivity contribution in [1.29, 1.82) is 0 Å². The largest absolute Gasteiger partial charge is 0.456 e. The van der Waals surface area contributed by atoms with Crippen LogP contribution in [0.25, 0.3) is 22.3 Å². The Morgan fingerprint density at radius 3 is 1.68 bits per heavy atom. The maximum absolute atomic E-state index is 15.1. The quantitative estimate of drug-likeness (QED) is 0.265. The Labute approximate surface area is 197 Å². The summed E-state index contributed by atoms with van der Waals surface area (Å²) in [7, 11) is -3.19. The second-order valence-electron chi connectivity index (χ2n) is 8.52. The van der Waals surface area contributed by atoms with E-state index in [1.807, 2.05) is 91.0 Å². The number of rotatable bonds is 2. The highest BCUT2D eigenvalue weighted by molar-refractivity contribution is 7.86. The molecule has 34 heavy (non-hydrogen) atoms. The van der Waals surface area contributed by atoms with Crippen LogP contribution in [0.15, 0.2) is 115 Å². The summed E-state index contributed by atoms with van der Waals surface area (Å²) in [5.41, 5.74) is 4.12. The molecule has 0 saturated carbocycles. The van der Waals surface area contributed by atoms with Gasteiger partial charge in [-0.05, 0) is 58.7 Å². The van der Waals surface area contributed by atoms with Crippen LogP contribution < -0.4 is 25.4 Å². The molecule has 7 rings (SSSR count). The van der Waals surface area contributed by atoms with Gasteiger partial charge in [-0.1, -0.05) is 78.9 Å². The first-order chi connectivity index (χ1) is 16.7. The number of ether oxygens (including phenoxy) is 2. The summed E-state index contributed by atoms with van der Waals surface area (Å²) in [6.07, 6.45) is 0. The van der Waals surface area contributed by atoms with E-state index in [2.05, 4.69) is 24.3 Å². The normalized spacial score (nSPS) is 16.9. The van der Waals surface area contributed by atoms with E-state index in [1.165, 1.54) is 0 Å². The maximum atomic E-state index is 15.1. The van der Waals surface area contributed by atoms with Gasteiger partial charge in [-0.15, -0.1) is 0 Å². The van der Waals surface area contributed by atoms with Crippen molar-refractivity contribution in [1.82, 2.24) is 0 Å². The lowest BCUT2D eigenvalue weighted by molar-refractivity contribution is 0.462. The van der Waals surface area contributed by atoms with Crippen molar-refractivity contribution in [3.63, 3.8) is 0 Å².